The van der Waals surface area contributed by atoms with Crippen molar-refractivity contribution in [3.05, 3.63) is 0 Å². The first-order chi connectivity index (χ1) is 8.58. The Morgan fingerprint density at radius 3 is 2.56 bits per heavy atom. The summed E-state index contributed by atoms with van der Waals surface area (Å²) in [5.41, 5.74) is -0.604. The second-order valence-corrected chi connectivity index (χ2v) is 4.84. The highest BCUT2D eigenvalue weighted by atomic mass is 16.4. The molecule has 2 amide bonds. The number of urea groups is 1. The van der Waals surface area contributed by atoms with Gasteiger partial charge in [-0.3, -0.25) is 4.79 Å². The largest absolute Gasteiger partial charge is 0.481 e. The Labute approximate surface area is 108 Å². The normalized spacial score (nSPS) is 18.1. The van der Waals surface area contributed by atoms with Crippen LogP contribution in [0.4, 0.5) is 4.79 Å². The SMILES string of the molecule is CCCCNC(=O)NC1(CC(=O)O)CCNCC1. The summed E-state index contributed by atoms with van der Waals surface area (Å²) in [5, 5.41) is 17.8. The van der Waals surface area contributed by atoms with Gasteiger partial charge < -0.3 is 21.1 Å². The lowest BCUT2D eigenvalue weighted by Crippen LogP contribution is -2.57. The fourth-order valence-electron chi connectivity index (χ4n) is 2.20. The van der Waals surface area contributed by atoms with E-state index < -0.39 is 11.5 Å². The lowest BCUT2D eigenvalue weighted by atomic mass is 9.85. The average molecular weight is 257 g/mol. The van der Waals surface area contributed by atoms with Gasteiger partial charge in [0, 0.05) is 6.54 Å². The van der Waals surface area contributed by atoms with Crippen molar-refractivity contribution in [3.63, 3.8) is 0 Å². The van der Waals surface area contributed by atoms with Gasteiger partial charge in [-0.2, -0.15) is 0 Å². The fourth-order valence-corrected chi connectivity index (χ4v) is 2.20. The van der Waals surface area contributed by atoms with Crippen LogP contribution in [0.3, 0.4) is 0 Å². The van der Waals surface area contributed by atoms with E-state index in [0.29, 0.717) is 19.4 Å². The summed E-state index contributed by atoms with van der Waals surface area (Å²) < 4.78 is 0. The minimum absolute atomic E-state index is 0.0180. The molecule has 1 heterocycles. The van der Waals surface area contributed by atoms with Crippen molar-refractivity contribution in [3.8, 4) is 0 Å². The molecule has 0 radical (unpaired) electrons. The molecule has 0 aromatic rings. The molecule has 1 aliphatic heterocycles. The molecule has 0 aromatic heterocycles. The van der Waals surface area contributed by atoms with Crippen LogP contribution in [-0.4, -0.2) is 42.3 Å². The number of carbonyl (C=O) groups excluding carboxylic acids is 1. The summed E-state index contributed by atoms with van der Waals surface area (Å²) in [6.45, 7) is 4.16. The van der Waals surface area contributed by atoms with Crippen LogP contribution in [-0.2, 0) is 4.79 Å². The second kappa shape index (κ2) is 7.20. The average Bonchev–Trinajstić information content (AvgIpc) is 2.29. The highest BCUT2D eigenvalue weighted by Gasteiger charge is 2.35. The Hall–Kier alpha value is -1.30. The molecule has 0 unspecified atom stereocenters. The summed E-state index contributed by atoms with van der Waals surface area (Å²) in [6.07, 6.45) is 3.24. The molecule has 0 saturated carbocycles. The van der Waals surface area contributed by atoms with Crippen LogP contribution >= 0.6 is 0 Å². The number of unbranched alkanes of at least 4 members (excludes halogenated alkanes) is 1. The van der Waals surface area contributed by atoms with Crippen LogP contribution < -0.4 is 16.0 Å². The van der Waals surface area contributed by atoms with E-state index in [1.165, 1.54) is 0 Å². The van der Waals surface area contributed by atoms with Gasteiger partial charge in [-0.1, -0.05) is 13.3 Å². The quantitative estimate of drug-likeness (QED) is 0.527. The standard InChI is InChI=1S/C12H23N3O3/c1-2-3-6-14-11(18)15-12(9-10(16)17)4-7-13-8-5-12/h13H,2-9H2,1H3,(H,16,17)(H2,14,15,18). The number of nitrogens with one attached hydrogen (secondary N) is 3. The summed E-state index contributed by atoms with van der Waals surface area (Å²) in [6, 6.07) is -0.258. The van der Waals surface area contributed by atoms with Crippen molar-refractivity contribution in [1.29, 1.82) is 0 Å². The third-order valence-corrected chi connectivity index (χ3v) is 3.24. The number of carboxylic acid groups (broad SMARTS) is 1. The third kappa shape index (κ3) is 4.91. The number of carbonyl (C=O) groups is 2. The van der Waals surface area contributed by atoms with Gasteiger partial charge in [-0.05, 0) is 32.4 Å². The number of piperidine rings is 1. The van der Waals surface area contributed by atoms with E-state index in [-0.39, 0.29) is 12.5 Å². The fraction of sp³-hybridized carbons (Fsp3) is 0.833. The van der Waals surface area contributed by atoms with Gasteiger partial charge in [0.25, 0.3) is 0 Å². The smallest absolute Gasteiger partial charge is 0.315 e. The zero-order chi connectivity index (χ0) is 13.4. The van der Waals surface area contributed by atoms with Crippen LogP contribution in [0.5, 0.6) is 0 Å². The zero-order valence-electron chi connectivity index (χ0n) is 10.9. The molecule has 0 bridgehead atoms. The summed E-state index contributed by atoms with van der Waals surface area (Å²) in [5.74, 6) is -0.870. The van der Waals surface area contributed by atoms with Gasteiger partial charge in [0.05, 0.1) is 12.0 Å². The topological polar surface area (TPSA) is 90.5 Å². The Morgan fingerprint density at radius 1 is 1.33 bits per heavy atom. The second-order valence-electron chi connectivity index (χ2n) is 4.84. The van der Waals surface area contributed by atoms with Gasteiger partial charge in [-0.25, -0.2) is 4.79 Å². The predicted molar refractivity (Wildman–Crippen MR) is 68.5 cm³/mol. The van der Waals surface area contributed by atoms with E-state index in [1.54, 1.807) is 0 Å². The van der Waals surface area contributed by atoms with E-state index in [9.17, 15) is 9.59 Å². The van der Waals surface area contributed by atoms with Crippen molar-refractivity contribution >= 4 is 12.0 Å². The molecule has 1 saturated heterocycles. The molecule has 6 heteroatoms. The van der Waals surface area contributed by atoms with Crippen molar-refractivity contribution in [2.75, 3.05) is 19.6 Å². The first-order valence-corrected chi connectivity index (χ1v) is 6.56. The van der Waals surface area contributed by atoms with E-state index in [0.717, 1.165) is 25.9 Å². The maximum atomic E-state index is 11.7. The maximum absolute atomic E-state index is 11.7. The first-order valence-electron chi connectivity index (χ1n) is 6.56. The monoisotopic (exact) mass is 257 g/mol. The van der Waals surface area contributed by atoms with Crippen LogP contribution in [0.15, 0.2) is 0 Å². The number of aliphatic carboxylic acids is 1. The van der Waals surface area contributed by atoms with E-state index >= 15 is 0 Å². The van der Waals surface area contributed by atoms with E-state index in [1.807, 2.05) is 0 Å². The van der Waals surface area contributed by atoms with Gasteiger partial charge in [0.2, 0.25) is 0 Å². The highest BCUT2D eigenvalue weighted by Crippen LogP contribution is 2.22. The minimum atomic E-state index is -0.870. The number of rotatable bonds is 6. The molecule has 4 N–H and O–H groups in total. The van der Waals surface area contributed by atoms with Gasteiger partial charge in [0.1, 0.15) is 0 Å². The van der Waals surface area contributed by atoms with Crippen molar-refractivity contribution in [1.82, 2.24) is 16.0 Å². The molecule has 1 fully saturated rings. The van der Waals surface area contributed by atoms with E-state index in [2.05, 4.69) is 22.9 Å². The molecule has 104 valence electrons. The third-order valence-electron chi connectivity index (χ3n) is 3.24. The van der Waals surface area contributed by atoms with Crippen molar-refractivity contribution in [2.24, 2.45) is 0 Å². The molecular formula is C12H23N3O3. The number of carboxylic acids is 1. The Bertz CT molecular complexity index is 288. The van der Waals surface area contributed by atoms with E-state index in [4.69, 9.17) is 5.11 Å². The summed E-state index contributed by atoms with van der Waals surface area (Å²) >= 11 is 0. The molecule has 18 heavy (non-hydrogen) atoms. The van der Waals surface area contributed by atoms with Crippen LogP contribution in [0.1, 0.15) is 39.0 Å². The van der Waals surface area contributed by atoms with Crippen LogP contribution in [0.2, 0.25) is 0 Å². The highest BCUT2D eigenvalue weighted by molar-refractivity contribution is 5.76. The number of hydrogen-bond donors (Lipinski definition) is 4. The minimum Gasteiger partial charge on any atom is -0.481 e. The van der Waals surface area contributed by atoms with Crippen LogP contribution in [0.25, 0.3) is 0 Å². The molecule has 0 atom stereocenters. The first kappa shape index (κ1) is 14.8. The predicted octanol–water partition coefficient (Wildman–Crippen LogP) is 0.683. The number of hydrogen-bond acceptors (Lipinski definition) is 3. The zero-order valence-corrected chi connectivity index (χ0v) is 10.9. The molecule has 1 aliphatic rings. The summed E-state index contributed by atoms with van der Waals surface area (Å²) in [4.78, 5) is 22.7. The number of amides is 2. The Kier molecular flexibility index (Phi) is 5.91. The van der Waals surface area contributed by atoms with Gasteiger partial charge >= 0.3 is 12.0 Å². The van der Waals surface area contributed by atoms with Crippen LogP contribution in [0, 0.1) is 0 Å². The lowest BCUT2D eigenvalue weighted by molar-refractivity contribution is -0.138. The molecule has 6 nitrogen and oxygen atoms in total. The molecule has 1 rings (SSSR count). The van der Waals surface area contributed by atoms with Gasteiger partial charge in [0.15, 0.2) is 0 Å². The molecule has 0 aliphatic carbocycles. The Balaban J connectivity index is 2.49. The molecular weight excluding hydrogens is 234 g/mol. The Morgan fingerprint density at radius 2 is 2.00 bits per heavy atom. The van der Waals surface area contributed by atoms with Crippen molar-refractivity contribution in [2.45, 2.75) is 44.6 Å². The lowest BCUT2D eigenvalue weighted by Gasteiger charge is -2.37. The van der Waals surface area contributed by atoms with Crippen molar-refractivity contribution < 1.29 is 14.7 Å². The molecule has 0 spiro atoms. The summed E-state index contributed by atoms with van der Waals surface area (Å²) in [7, 11) is 0. The van der Waals surface area contributed by atoms with Gasteiger partial charge in [-0.15, -0.1) is 0 Å². The molecule has 0 aromatic carbocycles. The maximum Gasteiger partial charge on any atom is 0.315 e.